The van der Waals surface area contributed by atoms with Gasteiger partial charge in [0.2, 0.25) is 5.91 Å². The molecule has 1 aromatic carbocycles. The largest absolute Gasteiger partial charge is 0.477 e. The summed E-state index contributed by atoms with van der Waals surface area (Å²) in [6.07, 6.45) is -0.380. The van der Waals surface area contributed by atoms with Gasteiger partial charge in [0.1, 0.15) is 10.7 Å². The zero-order valence-corrected chi connectivity index (χ0v) is 14.1. The van der Waals surface area contributed by atoms with Crippen molar-refractivity contribution in [2.24, 2.45) is 5.92 Å². The van der Waals surface area contributed by atoms with E-state index >= 15 is 0 Å². The Balaban J connectivity index is 2.03. The molecular formula is C17H18N2O4S. The van der Waals surface area contributed by atoms with Crippen molar-refractivity contribution in [2.45, 2.75) is 25.5 Å². The molecule has 1 fully saturated rings. The number of carboxylic acid groups (broad SMARTS) is 1. The van der Waals surface area contributed by atoms with Crippen molar-refractivity contribution in [1.82, 2.24) is 10.2 Å². The molecule has 0 aliphatic carbocycles. The molecule has 3 atom stereocenters. The minimum atomic E-state index is -1.13. The van der Waals surface area contributed by atoms with Crippen molar-refractivity contribution < 1.29 is 19.8 Å². The molecule has 126 valence electrons. The van der Waals surface area contributed by atoms with Crippen LogP contribution in [0.15, 0.2) is 30.0 Å². The van der Waals surface area contributed by atoms with Crippen molar-refractivity contribution in [3.8, 4) is 0 Å². The summed E-state index contributed by atoms with van der Waals surface area (Å²) in [6, 6.07) is 7.00. The van der Waals surface area contributed by atoms with Crippen molar-refractivity contribution in [3.05, 3.63) is 41.1 Å². The Morgan fingerprint density at radius 3 is 2.75 bits per heavy atom. The van der Waals surface area contributed by atoms with Crippen LogP contribution in [0.4, 0.5) is 0 Å². The highest BCUT2D eigenvalue weighted by Gasteiger charge is 2.56. The van der Waals surface area contributed by atoms with Crippen LogP contribution in [0.2, 0.25) is 0 Å². The van der Waals surface area contributed by atoms with E-state index in [2.05, 4.69) is 5.32 Å². The molecule has 0 spiro atoms. The fourth-order valence-corrected chi connectivity index (χ4v) is 3.65. The first-order chi connectivity index (χ1) is 11.4. The minimum Gasteiger partial charge on any atom is -0.477 e. The average Bonchev–Trinajstić information content (AvgIpc) is 2.89. The molecular weight excluding hydrogens is 328 g/mol. The second-order valence-electron chi connectivity index (χ2n) is 6.04. The molecule has 0 saturated carbocycles. The zero-order chi connectivity index (χ0) is 17.6. The Hall–Kier alpha value is -2.25. The van der Waals surface area contributed by atoms with E-state index in [1.165, 1.54) is 4.90 Å². The molecule has 2 aliphatic rings. The quantitative estimate of drug-likeness (QED) is 0.556. The Labute approximate surface area is 144 Å². The summed E-state index contributed by atoms with van der Waals surface area (Å²) in [7, 11) is 1.73. The first-order valence-electron chi connectivity index (χ1n) is 7.67. The van der Waals surface area contributed by atoms with E-state index in [0.717, 1.165) is 11.1 Å². The molecule has 0 bridgehead atoms. The average molecular weight is 346 g/mol. The lowest BCUT2D eigenvalue weighted by atomic mass is 9.82. The molecule has 3 N–H and O–H groups in total. The van der Waals surface area contributed by atoms with E-state index in [1.807, 2.05) is 24.3 Å². The van der Waals surface area contributed by atoms with Gasteiger partial charge in [0.05, 0.1) is 18.1 Å². The fourth-order valence-electron chi connectivity index (χ4n) is 3.52. The Bertz CT molecular complexity index is 772. The summed E-state index contributed by atoms with van der Waals surface area (Å²) in [4.78, 5) is 25.8. The Morgan fingerprint density at radius 2 is 2.17 bits per heavy atom. The van der Waals surface area contributed by atoms with Crippen molar-refractivity contribution in [3.63, 3.8) is 0 Å². The molecule has 2 aliphatic heterocycles. The fraction of sp³-hybridized carbons (Fsp3) is 0.353. The molecule has 24 heavy (non-hydrogen) atoms. The van der Waals surface area contributed by atoms with Gasteiger partial charge < -0.3 is 20.4 Å². The second kappa shape index (κ2) is 5.99. The maximum atomic E-state index is 12.2. The molecule has 1 amide bonds. The van der Waals surface area contributed by atoms with Gasteiger partial charge in [0, 0.05) is 12.6 Å². The van der Waals surface area contributed by atoms with E-state index in [-0.39, 0.29) is 17.6 Å². The van der Waals surface area contributed by atoms with E-state index in [1.54, 1.807) is 14.0 Å². The number of carboxylic acids is 1. The van der Waals surface area contributed by atoms with E-state index in [4.69, 9.17) is 12.2 Å². The summed E-state index contributed by atoms with van der Waals surface area (Å²) in [6.45, 7) is 1.56. The number of aliphatic hydroxyl groups is 1. The lowest BCUT2D eigenvalue weighted by Crippen LogP contribution is -2.61. The van der Waals surface area contributed by atoms with Crippen molar-refractivity contribution in [1.29, 1.82) is 0 Å². The Morgan fingerprint density at radius 1 is 1.46 bits per heavy atom. The third kappa shape index (κ3) is 2.40. The highest BCUT2D eigenvalue weighted by molar-refractivity contribution is 7.80. The van der Waals surface area contributed by atoms with E-state index in [0.29, 0.717) is 17.0 Å². The van der Waals surface area contributed by atoms with Gasteiger partial charge in [-0.15, -0.1) is 0 Å². The number of carbonyl (C=O) groups is 2. The number of fused-ring (bicyclic) bond motifs is 1. The van der Waals surface area contributed by atoms with Crippen LogP contribution in [0.25, 0.3) is 5.57 Å². The van der Waals surface area contributed by atoms with Gasteiger partial charge in [-0.05, 0) is 30.5 Å². The molecule has 6 nitrogen and oxygen atoms in total. The standard InChI is InChI=1S/C17H18N2O4S/c1-8(20)13-12-7-11(14(17(22)23)19(12)16(13)21)9-4-3-5-10(6-9)15(24)18-2/h3-6,8,12-13,20H,7H2,1-2H3,(H,18,24)(H,22,23)/t8-,12-,13-/m1/s1. The van der Waals surface area contributed by atoms with Gasteiger partial charge >= 0.3 is 5.97 Å². The number of β-lactam (4-membered cyclic amide) rings is 1. The Kier molecular flexibility index (Phi) is 4.15. The minimum absolute atomic E-state index is 0.00873. The van der Waals surface area contributed by atoms with Gasteiger partial charge in [-0.2, -0.15) is 0 Å². The van der Waals surface area contributed by atoms with Crippen LogP contribution in [0, 0.1) is 5.92 Å². The summed E-state index contributed by atoms with van der Waals surface area (Å²) in [5, 5.41) is 22.3. The van der Waals surface area contributed by atoms with Crippen LogP contribution in [0.5, 0.6) is 0 Å². The predicted octanol–water partition coefficient (Wildman–Crippen LogP) is 0.989. The first kappa shape index (κ1) is 16.6. The number of carbonyl (C=O) groups excluding carboxylic acids is 1. The topological polar surface area (TPSA) is 89.9 Å². The molecule has 1 saturated heterocycles. The summed E-state index contributed by atoms with van der Waals surface area (Å²) in [5.74, 6) is -2.01. The maximum Gasteiger partial charge on any atom is 0.352 e. The zero-order valence-electron chi connectivity index (χ0n) is 13.3. The molecule has 2 heterocycles. The van der Waals surface area contributed by atoms with Crippen LogP contribution in [0.3, 0.4) is 0 Å². The third-order valence-electron chi connectivity index (χ3n) is 4.63. The molecule has 0 aromatic heterocycles. The second-order valence-corrected chi connectivity index (χ2v) is 6.45. The number of hydrogen-bond donors (Lipinski definition) is 3. The van der Waals surface area contributed by atoms with Crippen LogP contribution < -0.4 is 5.32 Å². The number of amides is 1. The number of nitrogens with one attached hydrogen (secondary N) is 1. The lowest BCUT2D eigenvalue weighted by Gasteiger charge is -2.44. The van der Waals surface area contributed by atoms with E-state index < -0.39 is 18.0 Å². The predicted molar refractivity (Wildman–Crippen MR) is 92.2 cm³/mol. The smallest absolute Gasteiger partial charge is 0.352 e. The normalized spacial score (nSPS) is 23.6. The molecule has 1 aromatic rings. The molecule has 0 unspecified atom stereocenters. The maximum absolute atomic E-state index is 12.2. The van der Waals surface area contributed by atoms with Gasteiger partial charge in [0.15, 0.2) is 0 Å². The molecule has 0 radical (unpaired) electrons. The van der Waals surface area contributed by atoms with Crippen LogP contribution in [-0.4, -0.2) is 51.2 Å². The lowest BCUT2D eigenvalue weighted by molar-refractivity contribution is -0.161. The van der Waals surface area contributed by atoms with Gasteiger partial charge in [0.25, 0.3) is 0 Å². The number of benzene rings is 1. The van der Waals surface area contributed by atoms with Crippen molar-refractivity contribution in [2.75, 3.05) is 7.05 Å². The van der Waals surface area contributed by atoms with E-state index in [9.17, 15) is 19.8 Å². The first-order valence-corrected chi connectivity index (χ1v) is 8.07. The highest BCUT2D eigenvalue weighted by Crippen LogP contribution is 2.46. The van der Waals surface area contributed by atoms with Gasteiger partial charge in [-0.25, -0.2) is 4.79 Å². The van der Waals surface area contributed by atoms with Crippen molar-refractivity contribution >= 4 is 34.7 Å². The summed E-state index contributed by atoms with van der Waals surface area (Å²) < 4.78 is 0. The summed E-state index contributed by atoms with van der Waals surface area (Å²) in [5.41, 5.74) is 2.13. The number of aliphatic carboxylic acids is 1. The van der Waals surface area contributed by atoms with Crippen LogP contribution in [0.1, 0.15) is 24.5 Å². The SMILES string of the molecule is CNC(=S)c1cccc(C2=C(C(=O)O)N3C(=O)[C@H]([C@@H](C)O)[C@H]3C2)c1. The highest BCUT2D eigenvalue weighted by atomic mass is 32.1. The third-order valence-corrected chi connectivity index (χ3v) is 5.07. The van der Waals surface area contributed by atoms with Crippen LogP contribution in [-0.2, 0) is 9.59 Å². The molecule has 3 rings (SSSR count). The number of thiocarbonyl (C=S) groups is 1. The number of hydrogen-bond acceptors (Lipinski definition) is 4. The molecule has 7 heteroatoms. The number of nitrogens with zero attached hydrogens (tertiary/aromatic N) is 1. The van der Waals surface area contributed by atoms with Crippen LogP contribution >= 0.6 is 12.2 Å². The number of rotatable bonds is 4. The monoisotopic (exact) mass is 346 g/mol. The van der Waals surface area contributed by atoms with Gasteiger partial charge in [-0.1, -0.05) is 30.4 Å². The summed E-state index contributed by atoms with van der Waals surface area (Å²) >= 11 is 5.23. The van der Waals surface area contributed by atoms with Gasteiger partial charge in [-0.3, -0.25) is 4.79 Å². The number of aliphatic hydroxyl groups excluding tert-OH is 1.